The van der Waals surface area contributed by atoms with Gasteiger partial charge in [0, 0.05) is 55.8 Å². The van der Waals surface area contributed by atoms with Gasteiger partial charge in [-0.05, 0) is 42.5 Å². The molecular weight excluding hydrogens is 404 g/mol. The first-order chi connectivity index (χ1) is 15.5. The first-order valence-corrected chi connectivity index (χ1v) is 10.5. The SMILES string of the molecule is CC(=O)N1CC[C@H](n2cc(Nc3cc4cc(-c5cnccc5C)nc(N)c4cn3)cn2)C1. The second-order valence-corrected chi connectivity index (χ2v) is 8.12. The summed E-state index contributed by atoms with van der Waals surface area (Å²) in [5, 5.41) is 9.53. The molecule has 3 N–H and O–H groups in total. The lowest BCUT2D eigenvalue weighted by Crippen LogP contribution is -2.26. The van der Waals surface area contributed by atoms with Crippen LogP contribution >= 0.6 is 0 Å². The number of fused-ring (bicyclic) bond motifs is 1. The first-order valence-electron chi connectivity index (χ1n) is 10.5. The summed E-state index contributed by atoms with van der Waals surface area (Å²) in [5.74, 6) is 1.23. The highest BCUT2D eigenvalue weighted by Gasteiger charge is 2.26. The largest absolute Gasteiger partial charge is 0.383 e. The summed E-state index contributed by atoms with van der Waals surface area (Å²) in [6.45, 7) is 5.08. The van der Waals surface area contributed by atoms with Crippen molar-refractivity contribution in [2.75, 3.05) is 24.1 Å². The Bertz CT molecular complexity index is 1310. The van der Waals surface area contributed by atoms with E-state index in [9.17, 15) is 4.79 Å². The van der Waals surface area contributed by atoms with Gasteiger partial charge in [0.1, 0.15) is 11.6 Å². The smallest absolute Gasteiger partial charge is 0.219 e. The zero-order valence-electron chi connectivity index (χ0n) is 18.0. The van der Waals surface area contributed by atoms with Crippen molar-refractivity contribution in [3.63, 3.8) is 0 Å². The zero-order valence-corrected chi connectivity index (χ0v) is 18.0. The van der Waals surface area contributed by atoms with E-state index in [1.165, 1.54) is 0 Å². The summed E-state index contributed by atoms with van der Waals surface area (Å²) in [5.41, 5.74) is 9.87. The van der Waals surface area contributed by atoms with E-state index >= 15 is 0 Å². The average molecular weight is 429 g/mol. The fourth-order valence-corrected chi connectivity index (χ4v) is 4.11. The van der Waals surface area contributed by atoms with E-state index in [-0.39, 0.29) is 11.9 Å². The molecule has 162 valence electrons. The van der Waals surface area contributed by atoms with Crippen molar-refractivity contribution in [3.05, 3.63) is 54.7 Å². The maximum Gasteiger partial charge on any atom is 0.219 e. The fraction of sp³-hybridized carbons (Fsp3) is 0.261. The van der Waals surface area contributed by atoms with Crippen LogP contribution in [-0.2, 0) is 4.79 Å². The van der Waals surface area contributed by atoms with Gasteiger partial charge in [0.05, 0.1) is 23.6 Å². The number of nitrogen functional groups attached to an aromatic ring is 1. The van der Waals surface area contributed by atoms with E-state index in [1.54, 1.807) is 31.7 Å². The molecule has 5 rings (SSSR count). The maximum atomic E-state index is 11.6. The van der Waals surface area contributed by atoms with Crippen molar-refractivity contribution in [1.29, 1.82) is 0 Å². The molecule has 4 aromatic rings. The van der Waals surface area contributed by atoms with Gasteiger partial charge in [0.15, 0.2) is 0 Å². The molecular formula is C23H24N8O. The summed E-state index contributed by atoms with van der Waals surface area (Å²) < 4.78 is 1.91. The quantitative estimate of drug-likeness (QED) is 0.512. The Labute approximate surface area is 185 Å². The van der Waals surface area contributed by atoms with Crippen LogP contribution in [0.4, 0.5) is 17.3 Å². The minimum atomic E-state index is 0.105. The molecule has 0 aromatic carbocycles. The van der Waals surface area contributed by atoms with E-state index in [4.69, 9.17) is 5.73 Å². The predicted octanol–water partition coefficient (Wildman–Crippen LogP) is 3.32. The number of aryl methyl sites for hydroxylation is 1. The molecule has 0 radical (unpaired) electrons. The number of pyridine rings is 3. The summed E-state index contributed by atoms with van der Waals surface area (Å²) >= 11 is 0. The Morgan fingerprint density at radius 2 is 2.12 bits per heavy atom. The number of nitrogens with zero attached hydrogens (tertiary/aromatic N) is 6. The molecule has 4 aromatic heterocycles. The highest BCUT2D eigenvalue weighted by molar-refractivity contribution is 5.94. The molecule has 1 atom stereocenters. The van der Waals surface area contributed by atoms with Crippen LogP contribution in [0.3, 0.4) is 0 Å². The van der Waals surface area contributed by atoms with Gasteiger partial charge in [-0.25, -0.2) is 9.97 Å². The lowest BCUT2D eigenvalue weighted by atomic mass is 10.1. The van der Waals surface area contributed by atoms with Crippen LogP contribution < -0.4 is 11.1 Å². The van der Waals surface area contributed by atoms with Crippen LogP contribution in [0.5, 0.6) is 0 Å². The number of likely N-dealkylation sites (tertiary alicyclic amines) is 1. The van der Waals surface area contributed by atoms with Gasteiger partial charge in [-0.3, -0.25) is 14.5 Å². The number of rotatable bonds is 4. The first kappa shape index (κ1) is 19.9. The average Bonchev–Trinajstić information content (AvgIpc) is 3.43. The summed E-state index contributed by atoms with van der Waals surface area (Å²) in [6.07, 6.45) is 9.91. The van der Waals surface area contributed by atoms with Crippen molar-refractivity contribution < 1.29 is 4.79 Å². The van der Waals surface area contributed by atoms with E-state index < -0.39 is 0 Å². The van der Waals surface area contributed by atoms with Crippen LogP contribution in [0.2, 0.25) is 0 Å². The number of carbonyl (C=O) groups excluding carboxylic acids is 1. The van der Waals surface area contributed by atoms with Crippen LogP contribution in [-0.4, -0.2) is 48.6 Å². The summed E-state index contributed by atoms with van der Waals surface area (Å²) in [7, 11) is 0. The van der Waals surface area contributed by atoms with Gasteiger partial charge in [-0.15, -0.1) is 0 Å². The van der Waals surface area contributed by atoms with Gasteiger partial charge in [-0.1, -0.05) is 0 Å². The number of anilines is 3. The van der Waals surface area contributed by atoms with E-state index in [0.29, 0.717) is 18.2 Å². The molecule has 9 nitrogen and oxygen atoms in total. The molecule has 0 bridgehead atoms. The third kappa shape index (κ3) is 3.73. The van der Waals surface area contributed by atoms with Crippen LogP contribution in [0, 0.1) is 6.92 Å². The molecule has 0 unspecified atom stereocenters. The Balaban J connectivity index is 1.40. The highest BCUT2D eigenvalue weighted by atomic mass is 16.2. The summed E-state index contributed by atoms with van der Waals surface area (Å²) in [4.78, 5) is 26.7. The number of aromatic nitrogens is 5. The second kappa shape index (κ2) is 7.92. The van der Waals surface area contributed by atoms with Crippen molar-refractivity contribution in [2.24, 2.45) is 0 Å². The van der Waals surface area contributed by atoms with E-state index in [0.717, 1.165) is 46.2 Å². The molecule has 1 fully saturated rings. The lowest BCUT2D eigenvalue weighted by molar-refractivity contribution is -0.127. The number of hydrogen-bond acceptors (Lipinski definition) is 7. The predicted molar refractivity (Wildman–Crippen MR) is 123 cm³/mol. The van der Waals surface area contributed by atoms with Crippen LogP contribution in [0.25, 0.3) is 22.0 Å². The molecule has 5 heterocycles. The third-order valence-electron chi connectivity index (χ3n) is 5.92. The lowest BCUT2D eigenvalue weighted by Gasteiger charge is -2.14. The second-order valence-electron chi connectivity index (χ2n) is 8.12. The molecule has 1 aliphatic heterocycles. The molecule has 0 saturated carbocycles. The minimum absolute atomic E-state index is 0.105. The van der Waals surface area contributed by atoms with E-state index in [2.05, 4.69) is 25.4 Å². The number of amides is 1. The van der Waals surface area contributed by atoms with Gasteiger partial charge in [0.25, 0.3) is 0 Å². The van der Waals surface area contributed by atoms with Gasteiger partial charge in [0.2, 0.25) is 5.91 Å². The van der Waals surface area contributed by atoms with Gasteiger partial charge in [-0.2, -0.15) is 5.10 Å². The van der Waals surface area contributed by atoms with Crippen LogP contribution in [0.15, 0.2) is 49.2 Å². The third-order valence-corrected chi connectivity index (χ3v) is 5.92. The highest BCUT2D eigenvalue weighted by Crippen LogP contribution is 2.29. The Kier molecular flexibility index (Phi) is 4.93. The maximum absolute atomic E-state index is 11.6. The van der Waals surface area contributed by atoms with Crippen LogP contribution in [0.1, 0.15) is 24.9 Å². The number of hydrogen-bond donors (Lipinski definition) is 2. The molecule has 32 heavy (non-hydrogen) atoms. The number of carbonyl (C=O) groups is 1. The van der Waals surface area contributed by atoms with Gasteiger partial charge >= 0.3 is 0 Å². The Hall–Kier alpha value is -4.01. The number of nitrogens with one attached hydrogen (secondary N) is 1. The Morgan fingerprint density at radius 1 is 1.25 bits per heavy atom. The molecule has 1 saturated heterocycles. The van der Waals surface area contributed by atoms with E-state index in [1.807, 2.05) is 40.9 Å². The molecule has 9 heteroatoms. The van der Waals surface area contributed by atoms with Crippen molar-refractivity contribution in [2.45, 2.75) is 26.3 Å². The fourth-order valence-electron chi connectivity index (χ4n) is 4.11. The zero-order chi connectivity index (χ0) is 22.2. The molecule has 1 aliphatic rings. The monoisotopic (exact) mass is 428 g/mol. The molecule has 0 aliphatic carbocycles. The van der Waals surface area contributed by atoms with Crippen molar-refractivity contribution in [1.82, 2.24) is 29.6 Å². The molecule has 1 amide bonds. The normalized spacial score (nSPS) is 15.9. The topological polar surface area (TPSA) is 115 Å². The standard InChI is InChI=1S/C23H24N8O/c1-14-3-5-25-10-19(14)21-7-16-8-22(26-11-20(16)23(24)29-21)28-17-9-27-31(12-17)18-4-6-30(13-18)15(2)32/h3,5,7-12,18H,4,6,13H2,1-2H3,(H2,24,29)(H,26,28)/t18-/m0/s1. The minimum Gasteiger partial charge on any atom is -0.383 e. The summed E-state index contributed by atoms with van der Waals surface area (Å²) in [6, 6.07) is 6.10. The van der Waals surface area contributed by atoms with Crippen molar-refractivity contribution in [3.8, 4) is 11.3 Å². The van der Waals surface area contributed by atoms with Crippen molar-refractivity contribution >= 4 is 34.0 Å². The number of nitrogens with two attached hydrogens (primary N) is 1. The molecule has 0 spiro atoms. The Morgan fingerprint density at radius 3 is 2.91 bits per heavy atom. The van der Waals surface area contributed by atoms with Gasteiger partial charge < -0.3 is 16.0 Å².